The second-order valence-electron chi connectivity index (χ2n) is 9.25. The number of aryl methyl sites for hydroxylation is 3. The van der Waals surface area contributed by atoms with E-state index in [-0.39, 0.29) is 17.7 Å². The zero-order chi connectivity index (χ0) is 24.7. The molecular weight excluding hydrogens is 438 g/mol. The standard InChI is InChI=1S/C29H29N3O3/c1-17-5-9-21(10-6-17)28-25-26(24-19(3)15-18(2)16-23(24)33)30-31-27(25)29(34)32(28)14-13-20-7-11-22(35-4)12-8-20/h5-12,15-16,28,33H,13-14H2,1-4H3,(H,30,31). The zero-order valence-electron chi connectivity index (χ0n) is 20.4. The lowest BCUT2D eigenvalue weighted by Crippen LogP contribution is -2.31. The molecule has 1 unspecified atom stereocenters. The minimum Gasteiger partial charge on any atom is -0.507 e. The Balaban J connectivity index is 1.57. The molecule has 3 aromatic carbocycles. The number of carbonyl (C=O) groups is 1. The van der Waals surface area contributed by atoms with Gasteiger partial charge in [0, 0.05) is 17.7 Å². The third kappa shape index (κ3) is 4.05. The molecule has 0 saturated carbocycles. The highest BCUT2D eigenvalue weighted by Crippen LogP contribution is 2.45. The molecule has 1 amide bonds. The molecule has 5 rings (SSSR count). The predicted molar refractivity (Wildman–Crippen MR) is 136 cm³/mol. The average molecular weight is 468 g/mol. The van der Waals surface area contributed by atoms with Crippen LogP contribution in [0.3, 0.4) is 0 Å². The Hall–Kier alpha value is -4.06. The van der Waals surface area contributed by atoms with Gasteiger partial charge < -0.3 is 14.7 Å². The molecule has 35 heavy (non-hydrogen) atoms. The van der Waals surface area contributed by atoms with Crippen molar-refractivity contribution in [2.45, 2.75) is 33.2 Å². The summed E-state index contributed by atoms with van der Waals surface area (Å²) < 4.78 is 5.27. The van der Waals surface area contributed by atoms with Crippen LogP contribution in [0, 0.1) is 20.8 Å². The first-order valence-corrected chi connectivity index (χ1v) is 11.8. The maximum Gasteiger partial charge on any atom is 0.273 e. The third-order valence-electron chi connectivity index (χ3n) is 6.75. The summed E-state index contributed by atoms with van der Waals surface area (Å²) >= 11 is 0. The largest absolute Gasteiger partial charge is 0.507 e. The first-order chi connectivity index (χ1) is 16.9. The number of H-pyrrole nitrogens is 1. The van der Waals surface area contributed by atoms with Crippen LogP contribution in [0.2, 0.25) is 0 Å². The van der Waals surface area contributed by atoms with Crippen molar-refractivity contribution in [1.29, 1.82) is 0 Å². The van der Waals surface area contributed by atoms with Gasteiger partial charge in [-0.3, -0.25) is 9.89 Å². The number of hydrogen-bond acceptors (Lipinski definition) is 4. The maximum absolute atomic E-state index is 13.6. The fourth-order valence-electron chi connectivity index (χ4n) is 5.01. The number of methoxy groups -OCH3 is 1. The van der Waals surface area contributed by atoms with Crippen LogP contribution in [0.5, 0.6) is 11.5 Å². The number of phenols is 1. The lowest BCUT2D eigenvalue weighted by atomic mass is 9.92. The van der Waals surface area contributed by atoms with Gasteiger partial charge in [-0.2, -0.15) is 5.10 Å². The quantitative estimate of drug-likeness (QED) is 0.392. The predicted octanol–water partition coefficient (Wildman–Crippen LogP) is 5.50. The van der Waals surface area contributed by atoms with E-state index in [0.29, 0.717) is 29.9 Å². The van der Waals surface area contributed by atoms with E-state index in [4.69, 9.17) is 4.74 Å². The second kappa shape index (κ2) is 8.95. The molecule has 1 aromatic heterocycles. The number of hydrogen-bond donors (Lipinski definition) is 2. The Morgan fingerprint density at radius 2 is 1.71 bits per heavy atom. The highest BCUT2D eigenvalue weighted by Gasteiger charge is 2.42. The van der Waals surface area contributed by atoms with Gasteiger partial charge in [-0.15, -0.1) is 0 Å². The summed E-state index contributed by atoms with van der Waals surface area (Å²) in [6.07, 6.45) is 0.708. The number of aromatic hydroxyl groups is 1. The van der Waals surface area contributed by atoms with Gasteiger partial charge in [-0.25, -0.2) is 0 Å². The normalized spacial score (nSPS) is 14.9. The van der Waals surface area contributed by atoms with Gasteiger partial charge in [-0.1, -0.05) is 48.0 Å². The van der Waals surface area contributed by atoms with Gasteiger partial charge in [-0.05, 0) is 67.6 Å². The van der Waals surface area contributed by atoms with E-state index in [9.17, 15) is 9.90 Å². The van der Waals surface area contributed by atoms with Crippen molar-refractivity contribution in [3.63, 3.8) is 0 Å². The molecule has 2 N–H and O–H groups in total. The molecule has 1 aliphatic rings. The summed E-state index contributed by atoms with van der Waals surface area (Å²) in [6, 6.07) is 19.7. The molecule has 6 heteroatoms. The number of amides is 1. The molecule has 0 bridgehead atoms. The van der Waals surface area contributed by atoms with Crippen molar-refractivity contribution in [2.24, 2.45) is 0 Å². The Labute approximate surface area is 205 Å². The summed E-state index contributed by atoms with van der Waals surface area (Å²) in [7, 11) is 1.65. The number of phenolic OH excluding ortho intramolecular Hbond substituents is 1. The van der Waals surface area contributed by atoms with E-state index in [1.54, 1.807) is 13.2 Å². The highest BCUT2D eigenvalue weighted by atomic mass is 16.5. The number of nitrogens with one attached hydrogen (secondary N) is 1. The number of ether oxygens (including phenoxy) is 1. The fourth-order valence-corrected chi connectivity index (χ4v) is 5.01. The van der Waals surface area contributed by atoms with Gasteiger partial charge in [0.25, 0.3) is 5.91 Å². The Morgan fingerprint density at radius 1 is 1.00 bits per heavy atom. The van der Waals surface area contributed by atoms with E-state index in [1.807, 2.05) is 56.0 Å². The molecule has 0 radical (unpaired) electrons. The van der Waals surface area contributed by atoms with E-state index in [0.717, 1.165) is 39.1 Å². The SMILES string of the molecule is COc1ccc(CCN2C(=O)c3[nH]nc(-c4c(C)cc(C)cc4O)c3C2c2ccc(C)cc2)cc1. The summed E-state index contributed by atoms with van der Waals surface area (Å²) in [4.78, 5) is 15.5. The number of fused-ring (bicyclic) bond motifs is 1. The molecule has 0 spiro atoms. The van der Waals surface area contributed by atoms with E-state index in [1.165, 1.54) is 0 Å². The second-order valence-corrected chi connectivity index (χ2v) is 9.25. The molecule has 0 saturated heterocycles. The molecule has 0 aliphatic carbocycles. The van der Waals surface area contributed by atoms with Crippen LogP contribution in [0.1, 0.15) is 49.9 Å². The lowest BCUT2D eigenvalue weighted by molar-refractivity contribution is 0.0746. The minimum absolute atomic E-state index is 0.0814. The van der Waals surface area contributed by atoms with Gasteiger partial charge in [0.15, 0.2) is 0 Å². The van der Waals surface area contributed by atoms with E-state index >= 15 is 0 Å². The van der Waals surface area contributed by atoms with Gasteiger partial charge in [0.2, 0.25) is 0 Å². The van der Waals surface area contributed by atoms with Crippen molar-refractivity contribution in [2.75, 3.05) is 13.7 Å². The topological polar surface area (TPSA) is 78.5 Å². The van der Waals surface area contributed by atoms with Crippen LogP contribution >= 0.6 is 0 Å². The van der Waals surface area contributed by atoms with E-state index < -0.39 is 0 Å². The summed E-state index contributed by atoms with van der Waals surface area (Å²) in [5.74, 6) is 0.896. The Morgan fingerprint density at radius 3 is 2.37 bits per heavy atom. The first kappa shape index (κ1) is 22.7. The Bertz CT molecular complexity index is 1360. The average Bonchev–Trinajstić information content (AvgIpc) is 3.37. The van der Waals surface area contributed by atoms with Crippen LogP contribution in [-0.4, -0.2) is 39.8 Å². The summed E-state index contributed by atoms with van der Waals surface area (Å²) in [5, 5.41) is 18.3. The molecule has 6 nitrogen and oxygen atoms in total. The number of rotatable bonds is 6. The van der Waals surface area contributed by atoms with Crippen LogP contribution in [-0.2, 0) is 6.42 Å². The smallest absolute Gasteiger partial charge is 0.273 e. The Kier molecular flexibility index (Phi) is 5.81. The molecule has 1 atom stereocenters. The van der Waals surface area contributed by atoms with Gasteiger partial charge in [0.1, 0.15) is 22.9 Å². The van der Waals surface area contributed by atoms with Crippen molar-refractivity contribution in [3.05, 3.63) is 99.7 Å². The fraction of sp³-hybridized carbons (Fsp3) is 0.241. The van der Waals surface area contributed by atoms with Crippen molar-refractivity contribution in [1.82, 2.24) is 15.1 Å². The first-order valence-electron chi connectivity index (χ1n) is 11.8. The molecule has 178 valence electrons. The number of aromatic amines is 1. The minimum atomic E-state index is -0.301. The zero-order valence-corrected chi connectivity index (χ0v) is 20.4. The van der Waals surface area contributed by atoms with Gasteiger partial charge >= 0.3 is 0 Å². The van der Waals surface area contributed by atoms with Crippen LogP contribution in [0.4, 0.5) is 0 Å². The van der Waals surface area contributed by atoms with Crippen molar-refractivity contribution in [3.8, 4) is 22.8 Å². The van der Waals surface area contributed by atoms with Gasteiger partial charge in [0.05, 0.1) is 13.2 Å². The summed E-state index contributed by atoms with van der Waals surface area (Å²) in [6.45, 7) is 6.51. The van der Waals surface area contributed by atoms with E-state index in [2.05, 4.69) is 34.5 Å². The number of benzene rings is 3. The summed E-state index contributed by atoms with van der Waals surface area (Å²) in [5.41, 5.74) is 7.78. The molecule has 0 fully saturated rings. The highest BCUT2D eigenvalue weighted by molar-refractivity contribution is 6.00. The monoisotopic (exact) mass is 467 g/mol. The number of nitrogens with zero attached hydrogens (tertiary/aromatic N) is 2. The van der Waals surface area contributed by atoms with Crippen LogP contribution in [0.15, 0.2) is 60.7 Å². The maximum atomic E-state index is 13.6. The number of aromatic nitrogens is 2. The molecular formula is C29H29N3O3. The number of carbonyl (C=O) groups excluding carboxylic acids is 1. The third-order valence-corrected chi connectivity index (χ3v) is 6.75. The lowest BCUT2D eigenvalue weighted by Gasteiger charge is -2.27. The van der Waals surface area contributed by atoms with Crippen LogP contribution in [0.25, 0.3) is 11.3 Å². The van der Waals surface area contributed by atoms with Crippen molar-refractivity contribution >= 4 is 5.91 Å². The molecule has 1 aliphatic heterocycles. The van der Waals surface area contributed by atoms with Crippen molar-refractivity contribution < 1.29 is 14.6 Å². The molecule has 4 aromatic rings. The molecule has 2 heterocycles. The van der Waals surface area contributed by atoms with Crippen LogP contribution < -0.4 is 4.74 Å².